The molecule has 8 nitrogen and oxygen atoms in total. The second-order valence-electron chi connectivity index (χ2n) is 5.81. The minimum absolute atomic E-state index is 0.108. The van der Waals surface area contributed by atoms with E-state index in [1.165, 1.54) is 4.68 Å². The van der Waals surface area contributed by atoms with Crippen LogP contribution < -0.4 is 14.8 Å². The average Bonchev–Trinajstić information content (AvgIpc) is 3.30. The summed E-state index contributed by atoms with van der Waals surface area (Å²) < 4.78 is 17.7. The summed E-state index contributed by atoms with van der Waals surface area (Å²) in [4.78, 5) is 11.9. The van der Waals surface area contributed by atoms with Crippen molar-refractivity contribution >= 4 is 5.91 Å². The Morgan fingerprint density at radius 3 is 2.88 bits per heavy atom. The van der Waals surface area contributed by atoms with E-state index in [2.05, 4.69) is 15.6 Å². The number of methoxy groups -OCH3 is 1. The van der Waals surface area contributed by atoms with Crippen molar-refractivity contribution in [1.82, 2.24) is 20.3 Å². The van der Waals surface area contributed by atoms with Crippen LogP contribution in [0.25, 0.3) is 0 Å². The molecule has 25 heavy (non-hydrogen) atoms. The van der Waals surface area contributed by atoms with Gasteiger partial charge < -0.3 is 19.5 Å². The van der Waals surface area contributed by atoms with Crippen molar-refractivity contribution in [2.75, 3.05) is 20.3 Å². The second kappa shape index (κ2) is 8.48. The first-order valence-electron chi connectivity index (χ1n) is 8.27. The number of nitrogens with one attached hydrogen (secondary N) is 1. The Morgan fingerprint density at radius 1 is 1.36 bits per heavy atom. The Bertz CT molecular complexity index is 680. The molecular weight excluding hydrogens is 324 g/mol. The van der Waals surface area contributed by atoms with Crippen molar-refractivity contribution in [3.05, 3.63) is 36.2 Å². The molecule has 1 N–H and O–H groups in total. The van der Waals surface area contributed by atoms with Crippen LogP contribution in [0.4, 0.5) is 0 Å². The number of benzene rings is 1. The Labute approximate surface area is 146 Å². The summed E-state index contributed by atoms with van der Waals surface area (Å²) in [6.07, 6.45) is 3.89. The Morgan fingerprint density at radius 2 is 2.16 bits per heavy atom. The van der Waals surface area contributed by atoms with Crippen LogP contribution >= 0.6 is 0 Å². The van der Waals surface area contributed by atoms with Crippen LogP contribution in [0.2, 0.25) is 0 Å². The maximum absolute atomic E-state index is 11.9. The summed E-state index contributed by atoms with van der Waals surface area (Å²) in [5.41, 5.74) is 0.655. The predicted octanol–water partition coefficient (Wildman–Crippen LogP) is 1.16. The normalized spacial score (nSPS) is 16.6. The minimum atomic E-state index is -0.108. The van der Waals surface area contributed by atoms with E-state index in [1.807, 2.05) is 24.3 Å². The molecule has 134 valence electrons. The van der Waals surface area contributed by atoms with Crippen LogP contribution in [-0.2, 0) is 22.7 Å². The van der Waals surface area contributed by atoms with Gasteiger partial charge in [-0.15, -0.1) is 5.10 Å². The smallest absolute Gasteiger partial charge is 0.241 e. The molecule has 1 aromatic carbocycles. The van der Waals surface area contributed by atoms with Crippen LogP contribution in [0.5, 0.6) is 11.5 Å². The Hall–Kier alpha value is -2.61. The number of rotatable bonds is 8. The van der Waals surface area contributed by atoms with E-state index in [4.69, 9.17) is 14.2 Å². The molecule has 1 aromatic heterocycles. The van der Waals surface area contributed by atoms with E-state index >= 15 is 0 Å². The molecule has 0 saturated carbocycles. The molecule has 0 bridgehead atoms. The first kappa shape index (κ1) is 17.2. The van der Waals surface area contributed by atoms with Gasteiger partial charge in [-0.1, -0.05) is 5.21 Å². The first-order chi connectivity index (χ1) is 12.2. The van der Waals surface area contributed by atoms with Crippen molar-refractivity contribution in [3.63, 3.8) is 0 Å². The zero-order valence-electron chi connectivity index (χ0n) is 14.2. The molecule has 0 aliphatic carbocycles. The fraction of sp³-hybridized carbons (Fsp3) is 0.471. The van der Waals surface area contributed by atoms with Crippen molar-refractivity contribution in [1.29, 1.82) is 0 Å². The highest BCUT2D eigenvalue weighted by molar-refractivity contribution is 5.75. The number of carbonyl (C=O) groups excluding carboxylic acids is 1. The van der Waals surface area contributed by atoms with Crippen LogP contribution in [0.1, 0.15) is 18.5 Å². The van der Waals surface area contributed by atoms with Gasteiger partial charge in [0.15, 0.2) is 0 Å². The van der Waals surface area contributed by atoms with Crippen LogP contribution in [-0.4, -0.2) is 47.3 Å². The lowest BCUT2D eigenvalue weighted by molar-refractivity contribution is -0.122. The number of ether oxygens (including phenoxy) is 3. The molecule has 1 aliphatic rings. The van der Waals surface area contributed by atoms with Gasteiger partial charge in [-0.25, -0.2) is 4.68 Å². The molecule has 3 rings (SSSR count). The number of hydrogen-bond acceptors (Lipinski definition) is 6. The third kappa shape index (κ3) is 5.18. The van der Waals surface area contributed by atoms with Crippen molar-refractivity contribution in [2.45, 2.75) is 32.1 Å². The topological polar surface area (TPSA) is 87.5 Å². The van der Waals surface area contributed by atoms with Gasteiger partial charge in [0.25, 0.3) is 0 Å². The van der Waals surface area contributed by atoms with E-state index in [9.17, 15) is 4.79 Å². The number of nitrogens with zero attached hydrogens (tertiary/aromatic N) is 3. The van der Waals surface area contributed by atoms with E-state index < -0.39 is 0 Å². The summed E-state index contributed by atoms with van der Waals surface area (Å²) >= 11 is 0. The molecule has 1 unspecified atom stereocenters. The van der Waals surface area contributed by atoms with Gasteiger partial charge in [0, 0.05) is 13.2 Å². The van der Waals surface area contributed by atoms with E-state index in [0.29, 0.717) is 18.0 Å². The van der Waals surface area contributed by atoms with Crippen molar-refractivity contribution in [3.8, 4) is 11.5 Å². The number of aromatic nitrogens is 3. The molecule has 0 radical (unpaired) electrons. The van der Waals surface area contributed by atoms with Gasteiger partial charge in [0.1, 0.15) is 30.3 Å². The number of carbonyl (C=O) groups is 1. The molecule has 1 aliphatic heterocycles. The number of amides is 1. The quantitative estimate of drug-likeness (QED) is 0.772. The van der Waals surface area contributed by atoms with Crippen molar-refractivity contribution in [2.24, 2.45) is 0 Å². The Balaban J connectivity index is 1.42. The fourth-order valence-corrected chi connectivity index (χ4v) is 2.55. The molecule has 8 heteroatoms. The molecule has 2 aromatic rings. The molecule has 1 saturated heterocycles. The monoisotopic (exact) mass is 346 g/mol. The van der Waals surface area contributed by atoms with Gasteiger partial charge in [-0.2, -0.15) is 0 Å². The lowest BCUT2D eigenvalue weighted by atomic mass is 10.2. The van der Waals surface area contributed by atoms with Crippen molar-refractivity contribution < 1.29 is 19.0 Å². The van der Waals surface area contributed by atoms with Crippen LogP contribution in [0.15, 0.2) is 30.5 Å². The fourth-order valence-electron chi connectivity index (χ4n) is 2.55. The summed E-state index contributed by atoms with van der Waals surface area (Å²) in [6.45, 7) is 1.73. The first-order valence-corrected chi connectivity index (χ1v) is 8.27. The zero-order valence-corrected chi connectivity index (χ0v) is 14.2. The molecule has 1 fully saturated rings. The maximum atomic E-state index is 11.9. The molecule has 1 amide bonds. The van der Waals surface area contributed by atoms with Crippen LogP contribution in [0.3, 0.4) is 0 Å². The van der Waals surface area contributed by atoms with Gasteiger partial charge in [0.05, 0.1) is 19.4 Å². The van der Waals surface area contributed by atoms with E-state index in [0.717, 1.165) is 25.2 Å². The van der Waals surface area contributed by atoms with Gasteiger partial charge in [0.2, 0.25) is 5.91 Å². The summed E-state index contributed by atoms with van der Waals surface area (Å²) in [5.74, 6) is 1.37. The standard InChI is InChI=1S/C17H22N4O4/c1-23-14-4-6-15(7-5-14)25-12-13-10-21(20-19-13)11-17(22)18-9-16-3-2-8-24-16/h4-7,10,16H,2-3,8-9,11-12H2,1H3,(H,18,22). The number of hydrogen-bond donors (Lipinski definition) is 1. The van der Waals surface area contributed by atoms with E-state index in [1.54, 1.807) is 13.3 Å². The summed E-state index contributed by atoms with van der Waals surface area (Å²) in [6, 6.07) is 7.29. The predicted molar refractivity (Wildman–Crippen MR) is 89.3 cm³/mol. The average molecular weight is 346 g/mol. The third-order valence-electron chi connectivity index (χ3n) is 3.89. The zero-order chi connectivity index (χ0) is 17.5. The lowest BCUT2D eigenvalue weighted by Crippen LogP contribution is -2.34. The van der Waals surface area contributed by atoms with E-state index in [-0.39, 0.29) is 25.2 Å². The molecular formula is C17H22N4O4. The molecule has 0 spiro atoms. The SMILES string of the molecule is COc1ccc(OCc2cn(CC(=O)NCC3CCCO3)nn2)cc1. The van der Waals surface area contributed by atoms with Gasteiger partial charge in [-0.05, 0) is 37.1 Å². The Kier molecular flexibility index (Phi) is 5.84. The molecule has 2 heterocycles. The maximum Gasteiger partial charge on any atom is 0.241 e. The third-order valence-corrected chi connectivity index (χ3v) is 3.89. The van der Waals surface area contributed by atoms with Crippen LogP contribution in [0, 0.1) is 0 Å². The van der Waals surface area contributed by atoms with Gasteiger partial charge >= 0.3 is 0 Å². The highest BCUT2D eigenvalue weighted by Gasteiger charge is 2.16. The summed E-state index contributed by atoms with van der Waals surface area (Å²) in [7, 11) is 1.62. The highest BCUT2D eigenvalue weighted by atomic mass is 16.5. The second-order valence-corrected chi connectivity index (χ2v) is 5.81. The minimum Gasteiger partial charge on any atom is -0.497 e. The molecule has 1 atom stereocenters. The largest absolute Gasteiger partial charge is 0.497 e. The highest BCUT2D eigenvalue weighted by Crippen LogP contribution is 2.17. The lowest BCUT2D eigenvalue weighted by Gasteiger charge is -2.10. The summed E-state index contributed by atoms with van der Waals surface area (Å²) in [5, 5.41) is 10.8. The van der Waals surface area contributed by atoms with Gasteiger partial charge in [-0.3, -0.25) is 4.79 Å².